The molecule has 0 aromatic heterocycles. The zero-order valence-corrected chi connectivity index (χ0v) is 11.6. The van der Waals surface area contributed by atoms with Gasteiger partial charge < -0.3 is 11.1 Å². The van der Waals surface area contributed by atoms with Crippen LogP contribution in [0.3, 0.4) is 0 Å². The molecular formula is C15H16ClFN2. The highest BCUT2D eigenvalue weighted by molar-refractivity contribution is 6.31. The largest absolute Gasteiger partial charge is 0.397 e. The van der Waals surface area contributed by atoms with E-state index in [4.69, 9.17) is 17.3 Å². The quantitative estimate of drug-likeness (QED) is 0.809. The number of hydrogen-bond donors (Lipinski definition) is 2. The Morgan fingerprint density at radius 1 is 1.21 bits per heavy atom. The summed E-state index contributed by atoms with van der Waals surface area (Å²) in [4.78, 5) is 0. The van der Waals surface area contributed by atoms with Gasteiger partial charge in [-0.3, -0.25) is 0 Å². The lowest BCUT2D eigenvalue weighted by atomic mass is 10.1. The third-order valence-corrected chi connectivity index (χ3v) is 3.32. The Labute approximate surface area is 117 Å². The van der Waals surface area contributed by atoms with Gasteiger partial charge in [0.15, 0.2) is 0 Å². The maximum atomic E-state index is 13.5. The number of aryl methyl sites for hydroxylation is 1. The summed E-state index contributed by atoms with van der Waals surface area (Å²) in [5.74, 6) is -0.204. The minimum absolute atomic E-state index is 0.0594. The molecule has 19 heavy (non-hydrogen) atoms. The fourth-order valence-corrected chi connectivity index (χ4v) is 2.02. The SMILES string of the molecule is Cc1ccc(C(C)Nc2cc(Cl)ccc2N)cc1F. The van der Waals surface area contributed by atoms with E-state index in [9.17, 15) is 4.39 Å². The fourth-order valence-electron chi connectivity index (χ4n) is 1.85. The second-order valence-corrected chi connectivity index (χ2v) is 5.04. The Bertz CT molecular complexity index is 599. The van der Waals surface area contributed by atoms with Crippen LogP contribution in [0.2, 0.25) is 5.02 Å². The van der Waals surface area contributed by atoms with Gasteiger partial charge in [-0.05, 0) is 49.2 Å². The number of anilines is 2. The molecular weight excluding hydrogens is 263 g/mol. The number of nitrogens with one attached hydrogen (secondary N) is 1. The van der Waals surface area contributed by atoms with Crippen molar-refractivity contribution in [3.8, 4) is 0 Å². The van der Waals surface area contributed by atoms with Crippen LogP contribution in [0.1, 0.15) is 24.1 Å². The summed E-state index contributed by atoms with van der Waals surface area (Å²) in [6.45, 7) is 3.69. The van der Waals surface area contributed by atoms with Gasteiger partial charge in [-0.1, -0.05) is 23.7 Å². The lowest BCUT2D eigenvalue weighted by Gasteiger charge is -2.18. The van der Waals surface area contributed by atoms with Gasteiger partial charge in [-0.15, -0.1) is 0 Å². The van der Waals surface area contributed by atoms with Gasteiger partial charge in [0.05, 0.1) is 11.4 Å². The van der Waals surface area contributed by atoms with Crippen LogP contribution in [0.4, 0.5) is 15.8 Å². The predicted molar refractivity (Wildman–Crippen MR) is 79.0 cm³/mol. The van der Waals surface area contributed by atoms with E-state index in [0.717, 1.165) is 11.3 Å². The van der Waals surface area contributed by atoms with Gasteiger partial charge in [0.25, 0.3) is 0 Å². The molecule has 0 amide bonds. The Morgan fingerprint density at radius 3 is 2.63 bits per heavy atom. The van der Waals surface area contributed by atoms with Crippen LogP contribution in [0.5, 0.6) is 0 Å². The summed E-state index contributed by atoms with van der Waals surface area (Å²) in [6, 6.07) is 10.4. The van der Waals surface area contributed by atoms with Gasteiger partial charge in [0.2, 0.25) is 0 Å². The zero-order valence-electron chi connectivity index (χ0n) is 10.9. The van der Waals surface area contributed by atoms with E-state index >= 15 is 0 Å². The molecule has 0 fully saturated rings. The second-order valence-electron chi connectivity index (χ2n) is 4.61. The smallest absolute Gasteiger partial charge is 0.126 e. The van der Waals surface area contributed by atoms with E-state index in [0.29, 0.717) is 16.3 Å². The summed E-state index contributed by atoms with van der Waals surface area (Å²) in [7, 11) is 0. The van der Waals surface area contributed by atoms with Crippen LogP contribution in [-0.4, -0.2) is 0 Å². The highest BCUT2D eigenvalue weighted by atomic mass is 35.5. The van der Waals surface area contributed by atoms with E-state index in [1.54, 1.807) is 31.2 Å². The fraction of sp³-hybridized carbons (Fsp3) is 0.200. The van der Waals surface area contributed by atoms with Crippen molar-refractivity contribution in [2.24, 2.45) is 0 Å². The Hall–Kier alpha value is -1.74. The molecule has 2 rings (SSSR count). The monoisotopic (exact) mass is 278 g/mol. The third kappa shape index (κ3) is 3.18. The first kappa shape index (κ1) is 13.7. The third-order valence-electron chi connectivity index (χ3n) is 3.08. The molecule has 1 unspecified atom stereocenters. The predicted octanol–water partition coefficient (Wildman–Crippen LogP) is 4.54. The summed E-state index contributed by atoms with van der Waals surface area (Å²) in [5, 5.41) is 3.85. The van der Waals surface area contributed by atoms with E-state index in [2.05, 4.69) is 5.32 Å². The maximum absolute atomic E-state index is 13.5. The second kappa shape index (κ2) is 5.49. The van der Waals surface area contributed by atoms with Gasteiger partial charge in [0, 0.05) is 11.1 Å². The Balaban J connectivity index is 2.22. The molecule has 0 saturated carbocycles. The average Bonchev–Trinajstić information content (AvgIpc) is 2.37. The first-order chi connectivity index (χ1) is 8.97. The maximum Gasteiger partial charge on any atom is 0.126 e. The van der Waals surface area contributed by atoms with Gasteiger partial charge >= 0.3 is 0 Å². The lowest BCUT2D eigenvalue weighted by Crippen LogP contribution is -2.08. The Kier molecular flexibility index (Phi) is 3.96. The molecule has 2 aromatic rings. The first-order valence-corrected chi connectivity index (χ1v) is 6.43. The molecule has 1 atom stereocenters. The van der Waals surface area contributed by atoms with E-state index in [1.807, 2.05) is 13.0 Å². The van der Waals surface area contributed by atoms with Crippen molar-refractivity contribution in [3.63, 3.8) is 0 Å². The van der Waals surface area contributed by atoms with Gasteiger partial charge in [-0.25, -0.2) is 4.39 Å². The average molecular weight is 279 g/mol. The number of nitrogens with two attached hydrogens (primary N) is 1. The van der Waals surface area contributed by atoms with Crippen LogP contribution in [0.25, 0.3) is 0 Å². The number of halogens is 2. The van der Waals surface area contributed by atoms with Crippen LogP contribution in [-0.2, 0) is 0 Å². The van der Waals surface area contributed by atoms with Crippen LogP contribution in [0.15, 0.2) is 36.4 Å². The standard InChI is InChI=1S/C15H16ClFN2/c1-9-3-4-11(7-13(9)17)10(2)19-15-8-12(16)5-6-14(15)18/h3-8,10,19H,18H2,1-2H3. The van der Waals surface area contributed by atoms with Crippen molar-refractivity contribution < 1.29 is 4.39 Å². The van der Waals surface area contributed by atoms with E-state index in [1.165, 1.54) is 6.07 Å². The molecule has 0 saturated heterocycles. The van der Waals surface area contributed by atoms with Crippen molar-refractivity contribution in [3.05, 3.63) is 58.4 Å². The van der Waals surface area contributed by atoms with Crippen LogP contribution < -0.4 is 11.1 Å². The minimum atomic E-state index is -0.204. The van der Waals surface area contributed by atoms with Gasteiger partial charge in [-0.2, -0.15) is 0 Å². The molecule has 2 aromatic carbocycles. The molecule has 0 radical (unpaired) electrons. The molecule has 2 nitrogen and oxygen atoms in total. The molecule has 0 spiro atoms. The van der Waals surface area contributed by atoms with Gasteiger partial charge in [0.1, 0.15) is 5.82 Å². The number of hydrogen-bond acceptors (Lipinski definition) is 2. The zero-order chi connectivity index (χ0) is 14.0. The van der Waals surface area contributed by atoms with Crippen LogP contribution >= 0.6 is 11.6 Å². The van der Waals surface area contributed by atoms with E-state index < -0.39 is 0 Å². The molecule has 0 heterocycles. The molecule has 3 N–H and O–H groups in total. The Morgan fingerprint density at radius 2 is 1.95 bits per heavy atom. The highest BCUT2D eigenvalue weighted by Gasteiger charge is 2.09. The van der Waals surface area contributed by atoms with Crippen LogP contribution in [0, 0.1) is 12.7 Å². The van der Waals surface area contributed by atoms with Crippen molar-refractivity contribution >= 4 is 23.0 Å². The minimum Gasteiger partial charge on any atom is -0.397 e. The van der Waals surface area contributed by atoms with Crippen molar-refractivity contribution in [1.29, 1.82) is 0 Å². The molecule has 0 aliphatic heterocycles. The molecule has 100 valence electrons. The topological polar surface area (TPSA) is 38.0 Å². The van der Waals surface area contributed by atoms with Crippen molar-refractivity contribution in [2.45, 2.75) is 19.9 Å². The molecule has 0 aliphatic carbocycles. The highest BCUT2D eigenvalue weighted by Crippen LogP contribution is 2.27. The van der Waals surface area contributed by atoms with Crippen molar-refractivity contribution in [2.75, 3.05) is 11.1 Å². The molecule has 0 aliphatic rings. The summed E-state index contributed by atoms with van der Waals surface area (Å²) < 4.78 is 13.5. The summed E-state index contributed by atoms with van der Waals surface area (Å²) in [6.07, 6.45) is 0. The number of nitrogen functional groups attached to an aromatic ring is 1. The summed E-state index contributed by atoms with van der Waals surface area (Å²) in [5.41, 5.74) is 8.74. The number of benzene rings is 2. The molecule has 0 bridgehead atoms. The summed E-state index contributed by atoms with van der Waals surface area (Å²) >= 11 is 5.94. The normalized spacial score (nSPS) is 12.2. The van der Waals surface area contributed by atoms with E-state index in [-0.39, 0.29) is 11.9 Å². The lowest BCUT2D eigenvalue weighted by molar-refractivity contribution is 0.614. The first-order valence-electron chi connectivity index (χ1n) is 6.05. The van der Waals surface area contributed by atoms with Crippen molar-refractivity contribution in [1.82, 2.24) is 0 Å². The molecule has 4 heteroatoms. The number of rotatable bonds is 3.